The normalized spacial score (nSPS) is 11.8. The number of sulfone groups is 1. The summed E-state index contributed by atoms with van der Waals surface area (Å²) >= 11 is 0. The molecular weight excluding hydrogens is 324 g/mol. The number of fused-ring (bicyclic) bond motifs is 1. The van der Waals surface area contributed by atoms with Crippen molar-refractivity contribution in [2.75, 3.05) is 0 Å². The fourth-order valence-electron chi connectivity index (χ4n) is 2.28. The van der Waals surface area contributed by atoms with E-state index in [0.717, 1.165) is 16.2 Å². The van der Waals surface area contributed by atoms with Crippen LogP contribution in [0.2, 0.25) is 0 Å². The molecule has 1 N–H and O–H groups in total. The van der Waals surface area contributed by atoms with Gasteiger partial charge in [-0.2, -0.15) is 5.11 Å². The SMILES string of the molecule is C=CS(=O)(=O)c1cccc(N=Nc2c(O)ccc3ccccc23)c1. The van der Waals surface area contributed by atoms with Gasteiger partial charge in [0.2, 0.25) is 0 Å². The summed E-state index contributed by atoms with van der Waals surface area (Å²) in [6, 6.07) is 16.9. The maximum absolute atomic E-state index is 11.8. The Kier molecular flexibility index (Phi) is 4.14. The van der Waals surface area contributed by atoms with Gasteiger partial charge in [0.25, 0.3) is 0 Å². The van der Waals surface area contributed by atoms with Crippen molar-refractivity contribution in [1.82, 2.24) is 0 Å². The van der Waals surface area contributed by atoms with Crippen LogP contribution in [0, 0.1) is 0 Å². The molecule has 0 saturated heterocycles. The number of phenolic OH excluding ortho intramolecular Hbond substituents is 1. The molecule has 3 aromatic rings. The van der Waals surface area contributed by atoms with Gasteiger partial charge in [-0.3, -0.25) is 0 Å². The highest BCUT2D eigenvalue weighted by atomic mass is 32.2. The van der Waals surface area contributed by atoms with E-state index in [1.807, 2.05) is 24.3 Å². The van der Waals surface area contributed by atoms with Crippen LogP contribution in [0.5, 0.6) is 5.75 Å². The average molecular weight is 338 g/mol. The molecule has 0 atom stereocenters. The van der Waals surface area contributed by atoms with Crippen LogP contribution in [-0.2, 0) is 9.84 Å². The highest BCUT2D eigenvalue weighted by Crippen LogP contribution is 2.36. The topological polar surface area (TPSA) is 79.1 Å². The fraction of sp³-hybridized carbons (Fsp3) is 0. The molecule has 120 valence electrons. The summed E-state index contributed by atoms with van der Waals surface area (Å²) in [4.78, 5) is 0.0936. The predicted octanol–water partition coefficient (Wildman–Crippen LogP) is 4.88. The Morgan fingerprint density at radius 3 is 2.54 bits per heavy atom. The molecule has 0 unspecified atom stereocenters. The van der Waals surface area contributed by atoms with Crippen molar-refractivity contribution in [2.45, 2.75) is 4.90 Å². The molecule has 3 aromatic carbocycles. The third-order valence-corrected chi connectivity index (χ3v) is 4.86. The van der Waals surface area contributed by atoms with Crippen molar-refractivity contribution < 1.29 is 13.5 Å². The predicted molar refractivity (Wildman–Crippen MR) is 93.6 cm³/mol. The molecule has 3 rings (SSSR count). The minimum Gasteiger partial charge on any atom is -0.506 e. The lowest BCUT2D eigenvalue weighted by molar-refractivity contribution is 0.477. The number of nitrogens with zero attached hydrogens (tertiary/aromatic N) is 2. The lowest BCUT2D eigenvalue weighted by Gasteiger charge is -2.04. The summed E-state index contributed by atoms with van der Waals surface area (Å²) in [6.07, 6.45) is 0. The first kappa shape index (κ1) is 15.9. The van der Waals surface area contributed by atoms with E-state index < -0.39 is 9.84 Å². The lowest BCUT2D eigenvalue weighted by Crippen LogP contribution is -1.94. The van der Waals surface area contributed by atoms with Crippen LogP contribution in [0.1, 0.15) is 0 Å². The molecule has 0 aliphatic carbocycles. The number of azo groups is 1. The summed E-state index contributed by atoms with van der Waals surface area (Å²) in [5, 5.41) is 20.8. The second-order valence-electron chi connectivity index (χ2n) is 5.06. The first-order valence-electron chi connectivity index (χ1n) is 7.11. The molecule has 0 amide bonds. The molecule has 0 radical (unpaired) electrons. The monoisotopic (exact) mass is 338 g/mol. The van der Waals surface area contributed by atoms with Gasteiger partial charge in [0.05, 0.1) is 10.6 Å². The van der Waals surface area contributed by atoms with Crippen LogP contribution in [0.3, 0.4) is 0 Å². The van der Waals surface area contributed by atoms with E-state index in [9.17, 15) is 13.5 Å². The number of hydrogen-bond donors (Lipinski definition) is 1. The van der Waals surface area contributed by atoms with Gasteiger partial charge in [0.1, 0.15) is 11.4 Å². The number of phenols is 1. The Morgan fingerprint density at radius 2 is 1.75 bits per heavy atom. The third-order valence-electron chi connectivity index (χ3n) is 3.51. The Labute approximate surface area is 139 Å². The second kappa shape index (κ2) is 6.25. The minimum atomic E-state index is -3.53. The second-order valence-corrected chi connectivity index (χ2v) is 6.96. The summed E-state index contributed by atoms with van der Waals surface area (Å²) < 4.78 is 23.7. The molecule has 24 heavy (non-hydrogen) atoms. The summed E-state index contributed by atoms with van der Waals surface area (Å²) in [7, 11) is -3.53. The van der Waals surface area contributed by atoms with Gasteiger partial charge in [-0.25, -0.2) is 8.42 Å². The molecule has 0 fully saturated rings. The zero-order valence-corrected chi connectivity index (χ0v) is 13.4. The lowest BCUT2D eigenvalue weighted by atomic mass is 10.1. The van der Waals surface area contributed by atoms with Crippen molar-refractivity contribution in [3.63, 3.8) is 0 Å². The minimum absolute atomic E-state index is 0.00678. The molecular formula is C18H14N2O3S. The highest BCUT2D eigenvalue weighted by Gasteiger charge is 2.10. The van der Waals surface area contributed by atoms with E-state index in [1.165, 1.54) is 12.1 Å². The van der Waals surface area contributed by atoms with E-state index in [2.05, 4.69) is 16.8 Å². The maximum Gasteiger partial charge on any atom is 0.199 e. The first-order valence-corrected chi connectivity index (χ1v) is 8.66. The zero-order chi connectivity index (χ0) is 17.2. The van der Waals surface area contributed by atoms with Crippen molar-refractivity contribution in [3.05, 3.63) is 72.7 Å². The zero-order valence-electron chi connectivity index (χ0n) is 12.6. The molecule has 5 nitrogen and oxygen atoms in total. The Morgan fingerprint density at radius 1 is 0.958 bits per heavy atom. The van der Waals surface area contributed by atoms with E-state index >= 15 is 0 Å². The number of aromatic hydroxyl groups is 1. The number of rotatable bonds is 4. The van der Waals surface area contributed by atoms with Crippen LogP contribution in [0.15, 0.2) is 87.8 Å². The molecule has 0 heterocycles. The van der Waals surface area contributed by atoms with Crippen LogP contribution >= 0.6 is 0 Å². The van der Waals surface area contributed by atoms with Crippen LogP contribution in [0.4, 0.5) is 11.4 Å². The molecule has 0 aliphatic rings. The quantitative estimate of drug-likeness (QED) is 0.689. The van der Waals surface area contributed by atoms with Gasteiger partial charge in [-0.1, -0.05) is 43.0 Å². The molecule has 0 aliphatic heterocycles. The van der Waals surface area contributed by atoms with E-state index in [4.69, 9.17) is 0 Å². The first-order chi connectivity index (χ1) is 11.5. The van der Waals surface area contributed by atoms with Crippen molar-refractivity contribution in [3.8, 4) is 5.75 Å². The molecule has 0 bridgehead atoms. The smallest absolute Gasteiger partial charge is 0.199 e. The maximum atomic E-state index is 11.8. The number of benzene rings is 3. The largest absolute Gasteiger partial charge is 0.506 e. The fourth-order valence-corrected chi connectivity index (χ4v) is 3.02. The van der Waals surface area contributed by atoms with Crippen molar-refractivity contribution >= 4 is 32.0 Å². The van der Waals surface area contributed by atoms with Crippen LogP contribution < -0.4 is 0 Å². The average Bonchev–Trinajstić information content (AvgIpc) is 2.61. The Balaban J connectivity index is 2.05. The molecule has 6 heteroatoms. The van der Waals surface area contributed by atoms with Crippen molar-refractivity contribution in [1.29, 1.82) is 0 Å². The van der Waals surface area contributed by atoms with Gasteiger partial charge in [-0.05, 0) is 29.7 Å². The van der Waals surface area contributed by atoms with Gasteiger partial charge in [-0.15, -0.1) is 5.11 Å². The van der Waals surface area contributed by atoms with Crippen LogP contribution in [-0.4, -0.2) is 13.5 Å². The Bertz CT molecular complexity index is 1060. The van der Waals surface area contributed by atoms with Gasteiger partial charge >= 0.3 is 0 Å². The standard InChI is InChI=1S/C18H14N2O3S/c1-2-24(22,23)15-8-5-7-14(12-15)19-20-18-16-9-4-3-6-13(16)10-11-17(18)21/h2-12,21H,1H2. The van der Waals surface area contributed by atoms with Crippen LogP contribution in [0.25, 0.3) is 10.8 Å². The summed E-state index contributed by atoms with van der Waals surface area (Å²) in [5.41, 5.74) is 0.704. The molecule has 0 spiro atoms. The van der Waals surface area contributed by atoms with Gasteiger partial charge < -0.3 is 5.11 Å². The highest BCUT2D eigenvalue weighted by molar-refractivity contribution is 7.94. The number of hydrogen-bond acceptors (Lipinski definition) is 5. The van der Waals surface area contributed by atoms with Gasteiger partial charge in [0, 0.05) is 10.8 Å². The van der Waals surface area contributed by atoms with Gasteiger partial charge in [0.15, 0.2) is 9.84 Å². The van der Waals surface area contributed by atoms with Crippen molar-refractivity contribution in [2.24, 2.45) is 10.2 Å². The van der Waals surface area contributed by atoms with E-state index in [1.54, 1.807) is 24.3 Å². The summed E-state index contributed by atoms with van der Waals surface area (Å²) in [5.74, 6) is 0.00678. The van der Waals surface area contributed by atoms with E-state index in [0.29, 0.717) is 11.4 Å². The Hall–Kier alpha value is -2.99. The third kappa shape index (κ3) is 3.04. The molecule has 0 saturated carbocycles. The summed E-state index contributed by atoms with van der Waals surface area (Å²) in [6.45, 7) is 3.30. The van der Waals surface area contributed by atoms with E-state index in [-0.39, 0.29) is 10.6 Å². The molecule has 0 aromatic heterocycles.